The van der Waals surface area contributed by atoms with Crippen LogP contribution in [-0.4, -0.2) is 38.8 Å². The summed E-state index contributed by atoms with van der Waals surface area (Å²) in [5.41, 5.74) is 0. The van der Waals surface area contributed by atoms with Crippen molar-refractivity contribution in [1.29, 1.82) is 0 Å². The van der Waals surface area contributed by atoms with Crippen LogP contribution in [0, 0.1) is 5.92 Å². The first-order chi connectivity index (χ1) is 6.29. The quantitative estimate of drug-likeness (QED) is 0.517. The van der Waals surface area contributed by atoms with Crippen molar-refractivity contribution in [3.8, 4) is 0 Å². The number of hydrogen-bond donors (Lipinski definition) is 3. The van der Waals surface area contributed by atoms with Gasteiger partial charge in [-0.3, -0.25) is 0 Å². The van der Waals surface area contributed by atoms with Gasteiger partial charge in [-0.25, -0.2) is 0 Å². The maximum atomic E-state index is 3.53. The molecule has 0 radical (unpaired) electrons. The predicted molar refractivity (Wildman–Crippen MR) is 57.0 cm³/mol. The highest BCUT2D eigenvalue weighted by Crippen LogP contribution is 1.95. The smallest absolute Gasteiger partial charge is 0.0205 e. The van der Waals surface area contributed by atoms with E-state index in [2.05, 4.69) is 29.8 Å². The van der Waals surface area contributed by atoms with E-state index in [-0.39, 0.29) is 0 Å². The summed E-state index contributed by atoms with van der Waals surface area (Å²) in [5.74, 6) is 0.758. The second-order valence-electron chi connectivity index (χ2n) is 4.24. The fraction of sp³-hybridized carbons (Fsp3) is 1.00. The molecule has 1 aliphatic rings. The molecule has 1 rings (SSSR count). The number of rotatable bonds is 6. The molecule has 1 atom stereocenters. The highest BCUT2D eigenvalue weighted by atomic mass is 15.0. The Bertz CT molecular complexity index is 119. The molecular weight excluding hydrogens is 162 g/mol. The first kappa shape index (κ1) is 11.0. The first-order valence-electron chi connectivity index (χ1n) is 5.44. The maximum absolute atomic E-state index is 3.53. The van der Waals surface area contributed by atoms with E-state index in [4.69, 9.17) is 0 Å². The highest BCUT2D eigenvalue weighted by molar-refractivity contribution is 4.77. The van der Waals surface area contributed by atoms with Crippen molar-refractivity contribution in [2.75, 3.05) is 32.7 Å². The molecule has 0 bridgehead atoms. The van der Waals surface area contributed by atoms with Crippen LogP contribution < -0.4 is 16.0 Å². The van der Waals surface area contributed by atoms with Crippen molar-refractivity contribution in [2.45, 2.75) is 26.3 Å². The van der Waals surface area contributed by atoms with Crippen molar-refractivity contribution >= 4 is 0 Å². The van der Waals surface area contributed by atoms with Gasteiger partial charge in [-0.2, -0.15) is 0 Å². The summed E-state index contributed by atoms with van der Waals surface area (Å²) in [4.78, 5) is 0. The van der Waals surface area contributed by atoms with Crippen molar-refractivity contribution in [1.82, 2.24) is 16.0 Å². The van der Waals surface area contributed by atoms with Gasteiger partial charge in [0.2, 0.25) is 0 Å². The van der Waals surface area contributed by atoms with Gasteiger partial charge in [-0.05, 0) is 25.4 Å². The maximum Gasteiger partial charge on any atom is 0.0205 e. The van der Waals surface area contributed by atoms with Gasteiger partial charge in [0.15, 0.2) is 0 Å². The van der Waals surface area contributed by atoms with Gasteiger partial charge in [-0.1, -0.05) is 13.8 Å². The Balaban J connectivity index is 1.83. The average molecular weight is 185 g/mol. The van der Waals surface area contributed by atoms with Gasteiger partial charge in [0.25, 0.3) is 0 Å². The summed E-state index contributed by atoms with van der Waals surface area (Å²) in [7, 11) is 0. The summed E-state index contributed by atoms with van der Waals surface area (Å²) >= 11 is 0. The minimum Gasteiger partial charge on any atom is -0.315 e. The standard InChI is InChI=1S/C10H23N3/c1-9(2)7-12-5-6-13-10-3-4-11-8-10/h9-13H,3-8H2,1-2H3. The molecule has 1 unspecified atom stereocenters. The van der Waals surface area contributed by atoms with Gasteiger partial charge in [0.05, 0.1) is 0 Å². The Labute approximate surface area is 81.7 Å². The molecule has 0 amide bonds. The molecule has 1 aliphatic heterocycles. The molecule has 1 saturated heterocycles. The predicted octanol–water partition coefficient (Wildman–Crippen LogP) is 0.184. The summed E-state index contributed by atoms with van der Waals surface area (Å²) in [5, 5.41) is 10.3. The van der Waals surface area contributed by atoms with Crippen LogP contribution in [0.2, 0.25) is 0 Å². The lowest BCUT2D eigenvalue weighted by Crippen LogP contribution is -2.37. The van der Waals surface area contributed by atoms with Crippen LogP contribution in [-0.2, 0) is 0 Å². The van der Waals surface area contributed by atoms with E-state index < -0.39 is 0 Å². The Morgan fingerprint density at radius 2 is 2.23 bits per heavy atom. The minimum absolute atomic E-state index is 0.709. The fourth-order valence-corrected chi connectivity index (χ4v) is 1.58. The highest BCUT2D eigenvalue weighted by Gasteiger charge is 2.12. The molecule has 1 fully saturated rings. The van der Waals surface area contributed by atoms with E-state index in [1.807, 2.05) is 0 Å². The third-order valence-corrected chi connectivity index (χ3v) is 2.35. The third-order valence-electron chi connectivity index (χ3n) is 2.35. The monoisotopic (exact) mass is 185 g/mol. The Morgan fingerprint density at radius 1 is 1.38 bits per heavy atom. The van der Waals surface area contributed by atoms with Crippen LogP contribution in [0.3, 0.4) is 0 Å². The topological polar surface area (TPSA) is 36.1 Å². The molecular formula is C10H23N3. The van der Waals surface area contributed by atoms with Crippen molar-refractivity contribution in [2.24, 2.45) is 5.92 Å². The van der Waals surface area contributed by atoms with Crippen LogP contribution in [0.15, 0.2) is 0 Å². The van der Waals surface area contributed by atoms with Crippen molar-refractivity contribution < 1.29 is 0 Å². The molecule has 0 aromatic carbocycles. The van der Waals surface area contributed by atoms with E-state index in [1.54, 1.807) is 0 Å². The zero-order chi connectivity index (χ0) is 9.52. The molecule has 78 valence electrons. The zero-order valence-electron chi connectivity index (χ0n) is 8.90. The lowest BCUT2D eigenvalue weighted by atomic mass is 10.2. The Kier molecular flexibility index (Phi) is 5.35. The van der Waals surface area contributed by atoms with Gasteiger partial charge in [0.1, 0.15) is 0 Å². The van der Waals surface area contributed by atoms with E-state index in [9.17, 15) is 0 Å². The zero-order valence-corrected chi connectivity index (χ0v) is 8.90. The summed E-state index contributed by atoms with van der Waals surface area (Å²) in [6, 6.07) is 0.709. The Morgan fingerprint density at radius 3 is 2.85 bits per heavy atom. The molecule has 13 heavy (non-hydrogen) atoms. The first-order valence-corrected chi connectivity index (χ1v) is 5.44. The van der Waals surface area contributed by atoms with Crippen molar-refractivity contribution in [3.63, 3.8) is 0 Å². The molecule has 0 aliphatic carbocycles. The van der Waals surface area contributed by atoms with Gasteiger partial charge < -0.3 is 16.0 Å². The summed E-state index contributed by atoms with van der Waals surface area (Å²) < 4.78 is 0. The fourth-order valence-electron chi connectivity index (χ4n) is 1.58. The molecule has 3 N–H and O–H groups in total. The normalized spacial score (nSPS) is 22.8. The molecule has 0 aromatic heterocycles. The second-order valence-corrected chi connectivity index (χ2v) is 4.24. The molecule has 0 aromatic rings. The van der Waals surface area contributed by atoms with Crippen LogP contribution in [0.25, 0.3) is 0 Å². The molecule has 0 saturated carbocycles. The SMILES string of the molecule is CC(C)CNCCNC1CCNC1. The average Bonchev–Trinajstić information content (AvgIpc) is 2.55. The van der Waals surface area contributed by atoms with Gasteiger partial charge in [0, 0.05) is 25.7 Å². The minimum atomic E-state index is 0.709. The van der Waals surface area contributed by atoms with E-state index in [0.29, 0.717) is 6.04 Å². The van der Waals surface area contributed by atoms with Gasteiger partial charge >= 0.3 is 0 Å². The van der Waals surface area contributed by atoms with Gasteiger partial charge in [-0.15, -0.1) is 0 Å². The number of nitrogens with one attached hydrogen (secondary N) is 3. The lowest BCUT2D eigenvalue weighted by molar-refractivity contribution is 0.501. The van der Waals surface area contributed by atoms with Crippen LogP contribution in [0.5, 0.6) is 0 Å². The van der Waals surface area contributed by atoms with Crippen LogP contribution >= 0.6 is 0 Å². The van der Waals surface area contributed by atoms with E-state index in [0.717, 1.165) is 32.1 Å². The lowest BCUT2D eigenvalue weighted by Gasteiger charge is -2.12. The van der Waals surface area contributed by atoms with Crippen LogP contribution in [0.4, 0.5) is 0 Å². The van der Waals surface area contributed by atoms with Crippen molar-refractivity contribution in [3.05, 3.63) is 0 Å². The van der Waals surface area contributed by atoms with E-state index >= 15 is 0 Å². The molecule has 3 heteroatoms. The van der Waals surface area contributed by atoms with Crippen LogP contribution in [0.1, 0.15) is 20.3 Å². The largest absolute Gasteiger partial charge is 0.315 e. The molecule has 1 heterocycles. The second kappa shape index (κ2) is 6.35. The van der Waals surface area contributed by atoms with E-state index in [1.165, 1.54) is 13.0 Å². The summed E-state index contributed by atoms with van der Waals surface area (Å²) in [6.07, 6.45) is 1.28. The summed E-state index contributed by atoms with van der Waals surface area (Å²) in [6.45, 7) is 10.1. The number of hydrogen-bond acceptors (Lipinski definition) is 3. The molecule has 0 spiro atoms. The molecule has 3 nitrogen and oxygen atoms in total. The third kappa shape index (κ3) is 5.24. The Hall–Kier alpha value is -0.120.